The van der Waals surface area contributed by atoms with Gasteiger partial charge in [0.1, 0.15) is 12.0 Å². The zero-order chi connectivity index (χ0) is 21.8. The van der Waals surface area contributed by atoms with Gasteiger partial charge in [-0.05, 0) is 30.7 Å². The van der Waals surface area contributed by atoms with Crippen molar-refractivity contribution < 1.29 is 14.3 Å². The highest BCUT2D eigenvalue weighted by molar-refractivity contribution is 6.06. The first-order chi connectivity index (χ1) is 15.1. The van der Waals surface area contributed by atoms with E-state index in [1.165, 1.54) is 0 Å². The molecule has 4 aromatic rings. The Bertz CT molecular complexity index is 1230. The van der Waals surface area contributed by atoms with Crippen molar-refractivity contribution in [1.29, 1.82) is 0 Å². The number of methoxy groups -OCH3 is 1. The number of hydrogen-bond donors (Lipinski definition) is 1. The van der Waals surface area contributed by atoms with Gasteiger partial charge in [-0.15, -0.1) is 0 Å². The van der Waals surface area contributed by atoms with Crippen LogP contribution in [0.3, 0.4) is 0 Å². The summed E-state index contributed by atoms with van der Waals surface area (Å²) >= 11 is 0. The standard InChI is InChI=1S/C26H24N2O3/c1-18(20-12-10-19(17-29)11-13-20)27-26(30)23-8-5-7-21-14-15-28(25(21)23)16-22-6-3-4-9-24(22)31-2/h3-15,17-18H,16H2,1-2H3,(H,27,30)/t18-/m0/s1. The number of carbonyl (C=O) groups excluding carboxylic acids is 2. The van der Waals surface area contributed by atoms with Crippen LogP contribution in [0.15, 0.2) is 79.0 Å². The van der Waals surface area contributed by atoms with E-state index in [4.69, 9.17) is 4.74 Å². The molecule has 0 aliphatic carbocycles. The van der Waals surface area contributed by atoms with E-state index in [1.807, 2.05) is 73.8 Å². The van der Waals surface area contributed by atoms with E-state index in [2.05, 4.69) is 9.88 Å². The number of ether oxygens (including phenoxy) is 1. The predicted molar refractivity (Wildman–Crippen MR) is 122 cm³/mol. The maximum Gasteiger partial charge on any atom is 0.253 e. The van der Waals surface area contributed by atoms with Crippen LogP contribution in [-0.2, 0) is 6.54 Å². The summed E-state index contributed by atoms with van der Waals surface area (Å²) in [7, 11) is 1.66. The van der Waals surface area contributed by atoms with E-state index in [1.54, 1.807) is 19.2 Å². The van der Waals surface area contributed by atoms with Crippen molar-refractivity contribution in [2.45, 2.75) is 19.5 Å². The first-order valence-electron chi connectivity index (χ1n) is 10.2. The highest BCUT2D eigenvalue weighted by atomic mass is 16.5. The minimum absolute atomic E-state index is 0.141. The third-order valence-electron chi connectivity index (χ3n) is 5.49. The fraction of sp³-hybridized carbons (Fsp3) is 0.154. The second-order valence-corrected chi connectivity index (χ2v) is 7.48. The molecule has 3 aromatic carbocycles. The van der Waals surface area contributed by atoms with E-state index in [0.29, 0.717) is 17.7 Å². The van der Waals surface area contributed by atoms with Crippen molar-refractivity contribution in [3.05, 3.63) is 101 Å². The molecule has 1 atom stereocenters. The Balaban J connectivity index is 1.63. The molecule has 0 saturated carbocycles. The third-order valence-corrected chi connectivity index (χ3v) is 5.49. The number of rotatable bonds is 7. The Morgan fingerprint density at radius 3 is 2.55 bits per heavy atom. The first-order valence-corrected chi connectivity index (χ1v) is 10.2. The third kappa shape index (κ3) is 4.21. The van der Waals surface area contributed by atoms with E-state index in [9.17, 15) is 9.59 Å². The number of aromatic nitrogens is 1. The molecule has 0 spiro atoms. The minimum atomic E-state index is -0.193. The summed E-state index contributed by atoms with van der Waals surface area (Å²) in [6.45, 7) is 2.53. The molecule has 0 bridgehead atoms. The summed E-state index contributed by atoms with van der Waals surface area (Å²) in [5, 5.41) is 4.09. The van der Waals surface area contributed by atoms with Crippen molar-refractivity contribution in [1.82, 2.24) is 9.88 Å². The molecule has 5 heteroatoms. The number of benzene rings is 3. The predicted octanol–water partition coefficient (Wildman–Crippen LogP) is 5.00. The van der Waals surface area contributed by atoms with Crippen LogP contribution in [0, 0.1) is 0 Å². The van der Waals surface area contributed by atoms with Gasteiger partial charge in [-0.25, -0.2) is 0 Å². The highest BCUT2D eigenvalue weighted by Crippen LogP contribution is 2.25. The summed E-state index contributed by atoms with van der Waals surface area (Å²) in [5.74, 6) is 0.677. The summed E-state index contributed by atoms with van der Waals surface area (Å²) in [4.78, 5) is 24.1. The lowest BCUT2D eigenvalue weighted by Crippen LogP contribution is -2.27. The molecule has 31 heavy (non-hydrogen) atoms. The Hall–Kier alpha value is -3.86. The summed E-state index contributed by atoms with van der Waals surface area (Å²) in [6.07, 6.45) is 2.80. The zero-order valence-electron chi connectivity index (χ0n) is 17.5. The van der Waals surface area contributed by atoms with Crippen molar-refractivity contribution in [2.75, 3.05) is 7.11 Å². The van der Waals surface area contributed by atoms with Gasteiger partial charge in [0.05, 0.1) is 30.8 Å². The van der Waals surface area contributed by atoms with Crippen LogP contribution < -0.4 is 10.1 Å². The number of nitrogens with zero attached hydrogens (tertiary/aromatic N) is 1. The fourth-order valence-corrected chi connectivity index (χ4v) is 3.81. The fourth-order valence-electron chi connectivity index (χ4n) is 3.81. The normalized spacial score (nSPS) is 11.8. The number of carbonyl (C=O) groups is 2. The van der Waals surface area contributed by atoms with Crippen LogP contribution >= 0.6 is 0 Å². The molecular weight excluding hydrogens is 388 g/mol. The Labute approximate surface area is 181 Å². The van der Waals surface area contributed by atoms with Crippen LogP contribution in [0.4, 0.5) is 0 Å². The largest absolute Gasteiger partial charge is 0.496 e. The number of nitrogens with one attached hydrogen (secondary N) is 1. The smallest absolute Gasteiger partial charge is 0.253 e. The zero-order valence-corrected chi connectivity index (χ0v) is 17.5. The second-order valence-electron chi connectivity index (χ2n) is 7.48. The number of fused-ring (bicyclic) bond motifs is 1. The second kappa shape index (κ2) is 8.88. The van der Waals surface area contributed by atoms with Crippen LogP contribution in [0.2, 0.25) is 0 Å². The molecule has 0 fully saturated rings. The van der Waals surface area contributed by atoms with Crippen LogP contribution in [-0.4, -0.2) is 23.9 Å². The van der Waals surface area contributed by atoms with Crippen LogP contribution in [0.5, 0.6) is 5.75 Å². The molecular formula is C26H24N2O3. The minimum Gasteiger partial charge on any atom is -0.496 e. The number of hydrogen-bond acceptors (Lipinski definition) is 3. The average Bonchev–Trinajstić information content (AvgIpc) is 3.22. The van der Waals surface area contributed by atoms with Crippen molar-refractivity contribution in [3.63, 3.8) is 0 Å². The van der Waals surface area contributed by atoms with Gasteiger partial charge >= 0.3 is 0 Å². The molecule has 0 aliphatic heterocycles. The first kappa shape index (κ1) is 20.4. The van der Waals surface area contributed by atoms with Gasteiger partial charge in [0.25, 0.3) is 5.91 Å². The summed E-state index contributed by atoms with van der Waals surface area (Å²) in [5.41, 5.74) is 4.10. The van der Waals surface area contributed by atoms with Crippen molar-refractivity contribution in [2.24, 2.45) is 0 Å². The molecule has 0 aliphatic rings. The molecule has 5 nitrogen and oxygen atoms in total. The molecule has 1 N–H and O–H groups in total. The molecule has 0 radical (unpaired) electrons. The molecule has 156 valence electrons. The average molecular weight is 412 g/mol. The summed E-state index contributed by atoms with van der Waals surface area (Å²) < 4.78 is 7.56. The Kier molecular flexibility index (Phi) is 5.85. The lowest BCUT2D eigenvalue weighted by atomic mass is 10.1. The van der Waals surface area contributed by atoms with Crippen molar-refractivity contribution >= 4 is 23.1 Å². The van der Waals surface area contributed by atoms with Gasteiger partial charge in [-0.2, -0.15) is 0 Å². The highest BCUT2D eigenvalue weighted by Gasteiger charge is 2.17. The molecule has 1 aromatic heterocycles. The van der Waals surface area contributed by atoms with Gasteiger partial charge in [0.15, 0.2) is 0 Å². The van der Waals surface area contributed by atoms with Gasteiger partial charge in [-0.3, -0.25) is 9.59 Å². The Morgan fingerprint density at radius 2 is 1.81 bits per heavy atom. The number of para-hydroxylation sites is 2. The van der Waals surface area contributed by atoms with Gasteiger partial charge in [0, 0.05) is 22.7 Å². The van der Waals surface area contributed by atoms with Crippen LogP contribution in [0.1, 0.15) is 44.8 Å². The molecule has 1 amide bonds. The molecule has 4 rings (SSSR count). The van der Waals surface area contributed by atoms with E-state index in [-0.39, 0.29) is 11.9 Å². The number of aldehydes is 1. The van der Waals surface area contributed by atoms with E-state index >= 15 is 0 Å². The number of amides is 1. The monoisotopic (exact) mass is 412 g/mol. The lowest BCUT2D eigenvalue weighted by Gasteiger charge is -2.16. The van der Waals surface area contributed by atoms with Crippen LogP contribution in [0.25, 0.3) is 10.9 Å². The maximum absolute atomic E-state index is 13.2. The van der Waals surface area contributed by atoms with E-state index in [0.717, 1.165) is 34.1 Å². The summed E-state index contributed by atoms with van der Waals surface area (Å²) in [6, 6.07) is 22.7. The molecule has 1 heterocycles. The maximum atomic E-state index is 13.2. The lowest BCUT2D eigenvalue weighted by molar-refractivity contribution is 0.0940. The SMILES string of the molecule is COc1ccccc1Cn1ccc2cccc(C(=O)N[C@@H](C)c3ccc(C=O)cc3)c21. The van der Waals surface area contributed by atoms with E-state index < -0.39 is 0 Å². The topological polar surface area (TPSA) is 60.3 Å². The van der Waals surface area contributed by atoms with Gasteiger partial charge in [-0.1, -0.05) is 54.6 Å². The molecule has 0 unspecified atom stereocenters. The van der Waals surface area contributed by atoms with Gasteiger partial charge < -0.3 is 14.6 Å². The van der Waals surface area contributed by atoms with Crippen molar-refractivity contribution in [3.8, 4) is 5.75 Å². The van der Waals surface area contributed by atoms with Gasteiger partial charge in [0.2, 0.25) is 0 Å². The Morgan fingerprint density at radius 1 is 1.03 bits per heavy atom. The quantitative estimate of drug-likeness (QED) is 0.435. The molecule has 0 saturated heterocycles.